The van der Waals surface area contributed by atoms with E-state index < -0.39 is 0 Å². The highest BCUT2D eigenvalue weighted by atomic mass is 15.2. The van der Waals surface area contributed by atoms with Crippen molar-refractivity contribution < 1.29 is 0 Å². The number of anilines is 1. The smallest absolute Gasteiger partial charge is 0.225 e. The van der Waals surface area contributed by atoms with Gasteiger partial charge in [-0.25, -0.2) is 9.97 Å². The SMILES string of the molecule is Cc1cnc(N(C)C)nc1C(C)C. The van der Waals surface area contributed by atoms with Crippen molar-refractivity contribution in [1.82, 2.24) is 9.97 Å². The van der Waals surface area contributed by atoms with Crippen molar-refractivity contribution >= 4 is 5.95 Å². The monoisotopic (exact) mass is 179 g/mol. The van der Waals surface area contributed by atoms with Crippen molar-refractivity contribution in [1.29, 1.82) is 0 Å². The summed E-state index contributed by atoms with van der Waals surface area (Å²) in [4.78, 5) is 10.6. The molecular formula is C10H17N3. The Bertz CT molecular complexity index is 292. The molecule has 0 amide bonds. The first-order chi connectivity index (χ1) is 6.02. The van der Waals surface area contributed by atoms with Crippen LogP contribution < -0.4 is 4.90 Å². The molecule has 0 N–H and O–H groups in total. The number of rotatable bonds is 2. The summed E-state index contributed by atoms with van der Waals surface area (Å²) in [5, 5.41) is 0. The molecule has 1 aromatic heterocycles. The van der Waals surface area contributed by atoms with E-state index in [0.717, 1.165) is 11.6 Å². The van der Waals surface area contributed by atoms with Gasteiger partial charge in [-0.05, 0) is 18.4 Å². The Morgan fingerprint density at radius 3 is 2.38 bits per heavy atom. The largest absolute Gasteiger partial charge is 0.347 e. The van der Waals surface area contributed by atoms with Crippen LogP contribution in [0.15, 0.2) is 6.20 Å². The fourth-order valence-corrected chi connectivity index (χ4v) is 1.25. The fourth-order valence-electron chi connectivity index (χ4n) is 1.25. The summed E-state index contributed by atoms with van der Waals surface area (Å²) in [6.07, 6.45) is 1.89. The van der Waals surface area contributed by atoms with Crippen LogP contribution in [0.3, 0.4) is 0 Å². The lowest BCUT2D eigenvalue weighted by Gasteiger charge is -2.14. The van der Waals surface area contributed by atoms with Crippen molar-refractivity contribution in [3.8, 4) is 0 Å². The fraction of sp³-hybridized carbons (Fsp3) is 0.600. The molecule has 0 spiro atoms. The van der Waals surface area contributed by atoms with E-state index in [4.69, 9.17) is 0 Å². The van der Waals surface area contributed by atoms with Gasteiger partial charge in [-0.1, -0.05) is 13.8 Å². The minimum Gasteiger partial charge on any atom is -0.347 e. The molecule has 1 aromatic rings. The van der Waals surface area contributed by atoms with Gasteiger partial charge < -0.3 is 4.90 Å². The number of hydrogen-bond acceptors (Lipinski definition) is 3. The first-order valence-corrected chi connectivity index (χ1v) is 4.53. The highest BCUT2D eigenvalue weighted by Crippen LogP contribution is 2.17. The molecule has 0 saturated carbocycles. The van der Waals surface area contributed by atoms with Gasteiger partial charge in [0.15, 0.2) is 0 Å². The predicted molar refractivity (Wildman–Crippen MR) is 55.2 cm³/mol. The van der Waals surface area contributed by atoms with Crippen LogP contribution in [0.5, 0.6) is 0 Å². The molecule has 13 heavy (non-hydrogen) atoms. The number of nitrogens with zero attached hydrogens (tertiary/aromatic N) is 3. The number of aromatic nitrogens is 2. The first kappa shape index (κ1) is 9.96. The van der Waals surface area contributed by atoms with Gasteiger partial charge in [0, 0.05) is 20.3 Å². The number of hydrogen-bond donors (Lipinski definition) is 0. The molecule has 3 nitrogen and oxygen atoms in total. The summed E-state index contributed by atoms with van der Waals surface area (Å²) in [7, 11) is 3.91. The molecule has 0 aromatic carbocycles. The minimum absolute atomic E-state index is 0.460. The molecule has 0 aliphatic rings. The Morgan fingerprint density at radius 1 is 1.31 bits per heavy atom. The lowest BCUT2D eigenvalue weighted by Crippen LogP contribution is -2.14. The lowest BCUT2D eigenvalue weighted by atomic mass is 10.1. The van der Waals surface area contributed by atoms with Gasteiger partial charge in [0.1, 0.15) is 0 Å². The maximum Gasteiger partial charge on any atom is 0.225 e. The van der Waals surface area contributed by atoms with Crippen LogP contribution >= 0.6 is 0 Å². The molecule has 0 aliphatic carbocycles. The third kappa shape index (κ3) is 2.17. The highest BCUT2D eigenvalue weighted by molar-refractivity contribution is 5.31. The van der Waals surface area contributed by atoms with Gasteiger partial charge in [-0.15, -0.1) is 0 Å². The molecule has 0 saturated heterocycles. The topological polar surface area (TPSA) is 29.0 Å². The summed E-state index contributed by atoms with van der Waals surface area (Å²) < 4.78 is 0. The van der Waals surface area contributed by atoms with Gasteiger partial charge in [-0.3, -0.25) is 0 Å². The van der Waals surface area contributed by atoms with Gasteiger partial charge in [0.2, 0.25) is 5.95 Å². The van der Waals surface area contributed by atoms with E-state index in [9.17, 15) is 0 Å². The van der Waals surface area contributed by atoms with Crippen molar-refractivity contribution in [3.05, 3.63) is 17.5 Å². The van der Waals surface area contributed by atoms with Gasteiger partial charge >= 0.3 is 0 Å². The third-order valence-corrected chi connectivity index (χ3v) is 1.95. The van der Waals surface area contributed by atoms with Crippen LogP contribution in [-0.2, 0) is 0 Å². The van der Waals surface area contributed by atoms with E-state index in [1.165, 1.54) is 5.56 Å². The molecule has 1 rings (SSSR count). The van der Waals surface area contributed by atoms with E-state index in [1.54, 1.807) is 0 Å². The standard InChI is InChI=1S/C10H17N3/c1-7(2)9-8(3)6-11-10(12-9)13(4)5/h6-7H,1-5H3. The van der Waals surface area contributed by atoms with Crippen LogP contribution in [0.25, 0.3) is 0 Å². The second kappa shape index (κ2) is 3.73. The van der Waals surface area contributed by atoms with Gasteiger partial charge in [0.05, 0.1) is 5.69 Å². The summed E-state index contributed by atoms with van der Waals surface area (Å²) in [6.45, 7) is 6.35. The molecule has 0 bridgehead atoms. The van der Waals surface area contributed by atoms with Crippen LogP contribution in [0.2, 0.25) is 0 Å². The quantitative estimate of drug-likeness (QED) is 0.695. The predicted octanol–water partition coefficient (Wildman–Crippen LogP) is 1.97. The Morgan fingerprint density at radius 2 is 1.92 bits per heavy atom. The van der Waals surface area contributed by atoms with E-state index in [2.05, 4.69) is 30.7 Å². The van der Waals surface area contributed by atoms with Crippen molar-refractivity contribution in [2.75, 3.05) is 19.0 Å². The maximum atomic E-state index is 4.49. The first-order valence-electron chi connectivity index (χ1n) is 4.53. The molecule has 0 atom stereocenters. The summed E-state index contributed by atoms with van der Waals surface area (Å²) in [5.41, 5.74) is 2.30. The van der Waals surface area contributed by atoms with Crippen LogP contribution in [0.1, 0.15) is 31.0 Å². The molecule has 72 valence electrons. The van der Waals surface area contributed by atoms with E-state index in [0.29, 0.717) is 5.92 Å². The average Bonchev–Trinajstić information content (AvgIpc) is 2.04. The maximum absolute atomic E-state index is 4.49. The van der Waals surface area contributed by atoms with E-state index in [-0.39, 0.29) is 0 Å². The Kier molecular flexibility index (Phi) is 2.86. The Labute approximate surface area is 79.8 Å². The normalized spacial score (nSPS) is 10.6. The van der Waals surface area contributed by atoms with Crippen molar-refractivity contribution in [2.45, 2.75) is 26.7 Å². The minimum atomic E-state index is 0.460. The lowest BCUT2D eigenvalue weighted by molar-refractivity contribution is 0.794. The summed E-state index contributed by atoms with van der Waals surface area (Å²) in [5.74, 6) is 1.25. The molecule has 1 heterocycles. The van der Waals surface area contributed by atoms with E-state index >= 15 is 0 Å². The van der Waals surface area contributed by atoms with Gasteiger partial charge in [-0.2, -0.15) is 0 Å². The van der Waals surface area contributed by atoms with Crippen LogP contribution in [0, 0.1) is 6.92 Å². The second-order valence-corrected chi connectivity index (χ2v) is 3.79. The molecule has 0 fully saturated rings. The third-order valence-electron chi connectivity index (χ3n) is 1.95. The molecule has 0 radical (unpaired) electrons. The molecule has 0 unspecified atom stereocenters. The Hall–Kier alpha value is -1.12. The summed E-state index contributed by atoms with van der Waals surface area (Å²) >= 11 is 0. The summed E-state index contributed by atoms with van der Waals surface area (Å²) in [6, 6.07) is 0. The molecule has 3 heteroatoms. The molecule has 0 aliphatic heterocycles. The van der Waals surface area contributed by atoms with Crippen LogP contribution in [0.4, 0.5) is 5.95 Å². The van der Waals surface area contributed by atoms with E-state index in [1.807, 2.05) is 25.2 Å². The van der Waals surface area contributed by atoms with Gasteiger partial charge in [0.25, 0.3) is 0 Å². The average molecular weight is 179 g/mol. The zero-order valence-electron chi connectivity index (χ0n) is 9.00. The van der Waals surface area contributed by atoms with Crippen molar-refractivity contribution in [2.24, 2.45) is 0 Å². The molecular weight excluding hydrogens is 162 g/mol. The zero-order chi connectivity index (χ0) is 10.0. The number of aryl methyl sites for hydroxylation is 1. The highest BCUT2D eigenvalue weighted by Gasteiger charge is 2.08. The Balaban J connectivity index is 3.11. The van der Waals surface area contributed by atoms with Crippen LogP contribution in [-0.4, -0.2) is 24.1 Å². The van der Waals surface area contributed by atoms with Crippen molar-refractivity contribution in [3.63, 3.8) is 0 Å². The zero-order valence-corrected chi connectivity index (χ0v) is 9.00. The second-order valence-electron chi connectivity index (χ2n) is 3.79.